The summed E-state index contributed by atoms with van der Waals surface area (Å²) in [7, 11) is 0. The summed E-state index contributed by atoms with van der Waals surface area (Å²) in [6.07, 6.45) is -2.25. The van der Waals surface area contributed by atoms with Gasteiger partial charge in [-0.1, -0.05) is 0 Å². The lowest BCUT2D eigenvalue weighted by Crippen LogP contribution is -2.47. The maximum absolute atomic E-state index is 13.1. The fourth-order valence-corrected chi connectivity index (χ4v) is 1.47. The highest BCUT2D eigenvalue weighted by Gasteiger charge is 2.44. The number of hydrogen-bond donors (Lipinski definition) is 2. The summed E-state index contributed by atoms with van der Waals surface area (Å²) in [6.45, 7) is 2.22. The molecule has 1 saturated heterocycles. The largest absolute Gasteiger partial charge is 0.479 e. The summed E-state index contributed by atoms with van der Waals surface area (Å²) < 4.78 is 23.1. The van der Waals surface area contributed by atoms with Gasteiger partial charge >= 0.3 is 11.9 Å². The molecule has 0 aromatic heterocycles. The van der Waals surface area contributed by atoms with Gasteiger partial charge in [-0.15, -0.1) is 0 Å². The van der Waals surface area contributed by atoms with E-state index in [1.165, 1.54) is 0 Å². The molecule has 7 heteroatoms. The molecule has 0 radical (unpaired) electrons. The number of carbonyl (C=O) groups is 2. The first kappa shape index (κ1) is 13.9. The van der Waals surface area contributed by atoms with Crippen molar-refractivity contribution in [2.45, 2.75) is 44.2 Å². The number of carboxylic acids is 2. The standard InChI is InChI=1S/C10H15FO6/c1-5-7(11)3-6(17-5)4-16-10(2,8(12)13)9(14)15/h5-7H,3-4H2,1-2H3,(H,12,13)(H,14,15)/t5-,6-,7-/m0/s1. The molecule has 0 aromatic carbocycles. The molecule has 98 valence electrons. The number of rotatable bonds is 5. The van der Waals surface area contributed by atoms with Crippen LogP contribution in [0, 0.1) is 0 Å². The van der Waals surface area contributed by atoms with Crippen LogP contribution in [0.3, 0.4) is 0 Å². The van der Waals surface area contributed by atoms with Crippen molar-refractivity contribution in [1.82, 2.24) is 0 Å². The summed E-state index contributed by atoms with van der Waals surface area (Å²) in [5.74, 6) is -3.21. The molecule has 1 aliphatic heterocycles. The fourth-order valence-electron chi connectivity index (χ4n) is 1.47. The lowest BCUT2D eigenvalue weighted by atomic mass is 10.1. The summed E-state index contributed by atoms with van der Waals surface area (Å²) in [5, 5.41) is 17.5. The molecule has 2 N–H and O–H groups in total. The highest BCUT2D eigenvalue weighted by molar-refractivity contribution is 6.01. The highest BCUT2D eigenvalue weighted by atomic mass is 19.1. The van der Waals surface area contributed by atoms with Crippen LogP contribution in [-0.4, -0.2) is 52.7 Å². The predicted molar refractivity (Wildman–Crippen MR) is 53.5 cm³/mol. The Morgan fingerprint density at radius 1 is 1.47 bits per heavy atom. The van der Waals surface area contributed by atoms with Gasteiger partial charge in [-0.2, -0.15) is 0 Å². The molecule has 1 aliphatic rings. The molecule has 0 aromatic rings. The van der Waals surface area contributed by atoms with E-state index in [2.05, 4.69) is 0 Å². The molecule has 0 saturated carbocycles. The van der Waals surface area contributed by atoms with E-state index in [9.17, 15) is 14.0 Å². The first-order chi connectivity index (χ1) is 7.77. The summed E-state index contributed by atoms with van der Waals surface area (Å²) >= 11 is 0. The van der Waals surface area contributed by atoms with Gasteiger partial charge in [0, 0.05) is 6.42 Å². The maximum Gasteiger partial charge on any atom is 0.347 e. The van der Waals surface area contributed by atoms with Gasteiger partial charge < -0.3 is 19.7 Å². The Morgan fingerprint density at radius 3 is 2.35 bits per heavy atom. The van der Waals surface area contributed by atoms with Crippen molar-refractivity contribution in [2.75, 3.05) is 6.61 Å². The van der Waals surface area contributed by atoms with E-state index in [0.29, 0.717) is 0 Å². The highest BCUT2D eigenvalue weighted by Crippen LogP contribution is 2.24. The second kappa shape index (κ2) is 4.97. The molecule has 0 amide bonds. The molecular weight excluding hydrogens is 235 g/mol. The van der Waals surface area contributed by atoms with Gasteiger partial charge in [-0.3, -0.25) is 0 Å². The lowest BCUT2D eigenvalue weighted by molar-refractivity contribution is -0.184. The quantitative estimate of drug-likeness (QED) is 0.688. The number of aliphatic carboxylic acids is 2. The summed E-state index contributed by atoms with van der Waals surface area (Å²) in [6, 6.07) is 0. The van der Waals surface area contributed by atoms with Crippen LogP contribution in [0.5, 0.6) is 0 Å². The van der Waals surface area contributed by atoms with Crippen LogP contribution in [0.2, 0.25) is 0 Å². The first-order valence-electron chi connectivity index (χ1n) is 5.17. The Kier molecular flexibility index (Phi) is 4.05. The molecule has 1 fully saturated rings. The van der Waals surface area contributed by atoms with E-state index in [1.807, 2.05) is 0 Å². The summed E-state index contributed by atoms with van der Waals surface area (Å²) in [4.78, 5) is 21.6. The number of ether oxygens (including phenoxy) is 2. The molecule has 0 aliphatic carbocycles. The molecule has 1 heterocycles. The Hall–Kier alpha value is -1.21. The molecule has 6 nitrogen and oxygen atoms in total. The third kappa shape index (κ3) is 2.92. The van der Waals surface area contributed by atoms with Gasteiger partial charge in [0.1, 0.15) is 6.17 Å². The zero-order valence-corrected chi connectivity index (χ0v) is 9.55. The predicted octanol–water partition coefficient (Wildman–Crippen LogP) is 0.446. The molecule has 0 bridgehead atoms. The number of halogens is 1. The average Bonchev–Trinajstić information content (AvgIpc) is 2.54. The third-order valence-corrected chi connectivity index (χ3v) is 2.78. The molecule has 1 rings (SSSR count). The molecule has 0 spiro atoms. The van der Waals surface area contributed by atoms with Crippen molar-refractivity contribution in [3.05, 3.63) is 0 Å². The summed E-state index contributed by atoms with van der Waals surface area (Å²) in [5.41, 5.74) is -2.33. The second-order valence-electron chi connectivity index (χ2n) is 4.17. The Bertz CT molecular complexity index is 294. The van der Waals surface area contributed by atoms with Gasteiger partial charge in [0.25, 0.3) is 5.60 Å². The Labute approximate surface area is 97.3 Å². The van der Waals surface area contributed by atoms with Gasteiger partial charge in [-0.25, -0.2) is 14.0 Å². The van der Waals surface area contributed by atoms with Gasteiger partial charge in [0.2, 0.25) is 0 Å². The normalized spacial score (nSPS) is 29.2. The van der Waals surface area contributed by atoms with Gasteiger partial charge in [0.15, 0.2) is 0 Å². The molecular formula is C10H15FO6. The Morgan fingerprint density at radius 2 is 2.00 bits per heavy atom. The van der Waals surface area contributed by atoms with Crippen LogP contribution in [-0.2, 0) is 19.1 Å². The third-order valence-electron chi connectivity index (χ3n) is 2.78. The van der Waals surface area contributed by atoms with E-state index in [1.54, 1.807) is 6.92 Å². The van der Waals surface area contributed by atoms with Crippen LogP contribution in [0.4, 0.5) is 4.39 Å². The van der Waals surface area contributed by atoms with Crippen LogP contribution in [0.25, 0.3) is 0 Å². The second-order valence-corrected chi connectivity index (χ2v) is 4.17. The van der Waals surface area contributed by atoms with E-state index in [0.717, 1.165) is 6.92 Å². The van der Waals surface area contributed by atoms with Gasteiger partial charge in [-0.05, 0) is 13.8 Å². The monoisotopic (exact) mass is 250 g/mol. The number of carboxylic acid groups (broad SMARTS) is 2. The van der Waals surface area contributed by atoms with E-state index < -0.39 is 35.9 Å². The zero-order valence-electron chi connectivity index (χ0n) is 9.55. The van der Waals surface area contributed by atoms with Crippen molar-refractivity contribution < 1.29 is 33.7 Å². The zero-order chi connectivity index (χ0) is 13.2. The lowest BCUT2D eigenvalue weighted by Gasteiger charge is -2.22. The average molecular weight is 250 g/mol. The first-order valence-corrected chi connectivity index (χ1v) is 5.17. The number of alkyl halides is 1. The molecule has 3 atom stereocenters. The van der Waals surface area contributed by atoms with Crippen LogP contribution < -0.4 is 0 Å². The van der Waals surface area contributed by atoms with Crippen molar-refractivity contribution in [3.8, 4) is 0 Å². The van der Waals surface area contributed by atoms with Gasteiger partial charge in [0.05, 0.1) is 18.8 Å². The Balaban J connectivity index is 2.55. The van der Waals surface area contributed by atoms with Crippen LogP contribution >= 0.6 is 0 Å². The maximum atomic E-state index is 13.1. The number of hydrogen-bond acceptors (Lipinski definition) is 4. The van der Waals surface area contributed by atoms with Crippen molar-refractivity contribution in [1.29, 1.82) is 0 Å². The minimum atomic E-state index is -2.33. The van der Waals surface area contributed by atoms with Crippen molar-refractivity contribution in [2.24, 2.45) is 0 Å². The van der Waals surface area contributed by atoms with Crippen molar-refractivity contribution in [3.63, 3.8) is 0 Å². The van der Waals surface area contributed by atoms with Crippen LogP contribution in [0.15, 0.2) is 0 Å². The smallest absolute Gasteiger partial charge is 0.347 e. The van der Waals surface area contributed by atoms with E-state index in [-0.39, 0.29) is 13.0 Å². The molecule has 0 unspecified atom stereocenters. The van der Waals surface area contributed by atoms with Crippen molar-refractivity contribution >= 4 is 11.9 Å². The minimum absolute atomic E-state index is 0.0798. The van der Waals surface area contributed by atoms with Crippen LogP contribution in [0.1, 0.15) is 20.3 Å². The van der Waals surface area contributed by atoms with E-state index >= 15 is 0 Å². The minimum Gasteiger partial charge on any atom is -0.479 e. The SMILES string of the molecule is C[C@@H]1O[C@H](COC(C)(C(=O)O)C(=O)O)C[C@@H]1F. The molecule has 17 heavy (non-hydrogen) atoms. The topological polar surface area (TPSA) is 93.1 Å². The fraction of sp³-hybridized carbons (Fsp3) is 0.800. The van der Waals surface area contributed by atoms with E-state index in [4.69, 9.17) is 19.7 Å².